The van der Waals surface area contributed by atoms with Gasteiger partial charge in [-0.15, -0.1) is 0 Å². The van der Waals surface area contributed by atoms with E-state index in [1.807, 2.05) is 19.1 Å². The summed E-state index contributed by atoms with van der Waals surface area (Å²) in [6.07, 6.45) is 1.31. The molecule has 156 valence electrons. The summed E-state index contributed by atoms with van der Waals surface area (Å²) >= 11 is 5.80. The fourth-order valence-corrected chi connectivity index (χ4v) is 1.97. The van der Waals surface area contributed by atoms with Gasteiger partial charge in [-0.1, -0.05) is 17.5 Å². The number of carboxylic acids is 2. The summed E-state index contributed by atoms with van der Waals surface area (Å²) in [5, 5.41) is 24.6. The number of carboxylic acid groups (broad SMARTS) is 2. The van der Waals surface area contributed by atoms with Gasteiger partial charge >= 0.3 is 11.9 Å². The number of carbonyl (C=O) groups is 2. The van der Waals surface area contributed by atoms with Crippen LogP contribution in [0.3, 0.4) is 0 Å². The molecule has 0 saturated heterocycles. The summed E-state index contributed by atoms with van der Waals surface area (Å²) in [5.74, 6) is 4.27. The van der Waals surface area contributed by atoms with Crippen molar-refractivity contribution in [2.45, 2.75) is 25.3 Å². The maximum atomic E-state index is 9.13. The monoisotopic (exact) mass is 423 g/mol. The Morgan fingerprint density at radius 3 is 2.34 bits per heavy atom. The number of benzene rings is 1. The van der Waals surface area contributed by atoms with E-state index < -0.39 is 17.5 Å². The maximum absolute atomic E-state index is 9.13. The molecule has 1 aromatic carbocycles. The van der Waals surface area contributed by atoms with E-state index in [0.29, 0.717) is 23.6 Å². The minimum absolute atomic E-state index is 0.0532. The number of aliphatic hydroxyl groups is 1. The molecule has 0 aliphatic rings. The highest BCUT2D eigenvalue weighted by Crippen LogP contribution is 2.15. The first-order valence-electron chi connectivity index (χ1n) is 8.45. The normalized spacial score (nSPS) is 11.9. The van der Waals surface area contributed by atoms with Crippen molar-refractivity contribution in [1.29, 1.82) is 0 Å². The molecule has 0 fully saturated rings. The Hall–Kier alpha value is -2.99. The number of rotatable bonds is 6. The standard InChI is InChI=1S/C18H20ClNO3.C2H2O4/c1-18(20,13-21)11-10-17-9-8-16(23-17)3-2-12-22-15-6-4-14(19)5-7-15;3-1(4)2(5)6/h4-9,21H,10-13,20H2,1H3;(H,3,4)(H,5,6)/t18-;/m1./s1. The summed E-state index contributed by atoms with van der Waals surface area (Å²) in [6, 6.07) is 10.8. The molecule has 1 heterocycles. The lowest BCUT2D eigenvalue weighted by Crippen LogP contribution is -2.40. The Morgan fingerprint density at radius 2 is 1.79 bits per heavy atom. The van der Waals surface area contributed by atoms with Crippen molar-refractivity contribution in [3.05, 3.63) is 52.9 Å². The molecule has 29 heavy (non-hydrogen) atoms. The van der Waals surface area contributed by atoms with Gasteiger partial charge in [-0.2, -0.15) is 0 Å². The smallest absolute Gasteiger partial charge is 0.414 e. The molecule has 0 saturated carbocycles. The minimum Gasteiger partial charge on any atom is -0.481 e. The highest BCUT2D eigenvalue weighted by Gasteiger charge is 2.17. The molecule has 9 heteroatoms. The van der Waals surface area contributed by atoms with E-state index in [4.69, 9.17) is 51.4 Å². The van der Waals surface area contributed by atoms with Crippen LogP contribution >= 0.6 is 11.6 Å². The van der Waals surface area contributed by atoms with Gasteiger partial charge in [0.05, 0.1) is 6.61 Å². The Balaban J connectivity index is 0.000000612. The molecule has 1 aromatic heterocycles. The number of ether oxygens (including phenoxy) is 1. The molecule has 0 unspecified atom stereocenters. The number of hydrogen-bond donors (Lipinski definition) is 4. The van der Waals surface area contributed by atoms with Crippen LogP contribution in [0.15, 0.2) is 40.8 Å². The maximum Gasteiger partial charge on any atom is 0.414 e. The van der Waals surface area contributed by atoms with Gasteiger partial charge in [-0.25, -0.2) is 9.59 Å². The van der Waals surface area contributed by atoms with Gasteiger partial charge in [0.2, 0.25) is 0 Å². The Morgan fingerprint density at radius 1 is 1.17 bits per heavy atom. The Kier molecular flexibility index (Phi) is 9.75. The first-order chi connectivity index (χ1) is 13.6. The molecule has 5 N–H and O–H groups in total. The summed E-state index contributed by atoms with van der Waals surface area (Å²) < 4.78 is 11.1. The van der Waals surface area contributed by atoms with Crippen molar-refractivity contribution >= 4 is 23.5 Å². The lowest BCUT2D eigenvalue weighted by molar-refractivity contribution is -0.159. The molecule has 0 aliphatic carbocycles. The van der Waals surface area contributed by atoms with Crippen LogP contribution in [0.2, 0.25) is 5.02 Å². The average Bonchev–Trinajstić information content (AvgIpc) is 3.13. The summed E-state index contributed by atoms with van der Waals surface area (Å²) in [6.45, 7) is 2.02. The molecule has 2 rings (SSSR count). The van der Waals surface area contributed by atoms with Crippen molar-refractivity contribution < 1.29 is 34.1 Å². The summed E-state index contributed by atoms with van der Waals surface area (Å²) in [4.78, 5) is 18.2. The molecule has 8 nitrogen and oxygen atoms in total. The highest BCUT2D eigenvalue weighted by molar-refractivity contribution is 6.30. The molecule has 0 radical (unpaired) electrons. The zero-order chi connectivity index (χ0) is 21.9. The van der Waals surface area contributed by atoms with Crippen LogP contribution in [0.5, 0.6) is 5.75 Å². The number of furan rings is 1. The van der Waals surface area contributed by atoms with Gasteiger partial charge in [0.15, 0.2) is 5.76 Å². The van der Waals surface area contributed by atoms with Gasteiger partial charge in [0.1, 0.15) is 18.1 Å². The predicted octanol–water partition coefficient (Wildman–Crippen LogP) is 2.16. The van der Waals surface area contributed by atoms with E-state index >= 15 is 0 Å². The van der Waals surface area contributed by atoms with Crippen LogP contribution in [0.1, 0.15) is 24.9 Å². The number of aliphatic hydroxyl groups excluding tert-OH is 1. The van der Waals surface area contributed by atoms with Crippen LogP contribution in [0.25, 0.3) is 0 Å². The number of aliphatic carboxylic acids is 2. The molecule has 0 spiro atoms. The van der Waals surface area contributed by atoms with Crippen LogP contribution < -0.4 is 10.5 Å². The number of hydrogen-bond acceptors (Lipinski definition) is 6. The summed E-state index contributed by atoms with van der Waals surface area (Å²) in [5.41, 5.74) is 5.30. The van der Waals surface area contributed by atoms with Gasteiger partial charge in [0.25, 0.3) is 0 Å². The van der Waals surface area contributed by atoms with E-state index in [0.717, 1.165) is 11.5 Å². The van der Waals surface area contributed by atoms with E-state index in [1.165, 1.54) is 0 Å². The van der Waals surface area contributed by atoms with Crippen molar-refractivity contribution in [2.75, 3.05) is 13.2 Å². The third kappa shape index (κ3) is 10.2. The van der Waals surface area contributed by atoms with Gasteiger partial charge in [-0.05, 0) is 55.7 Å². The number of aryl methyl sites for hydroxylation is 1. The molecule has 2 aromatic rings. The van der Waals surface area contributed by atoms with Crippen LogP contribution in [-0.2, 0) is 16.0 Å². The predicted molar refractivity (Wildman–Crippen MR) is 106 cm³/mol. The van der Waals surface area contributed by atoms with Gasteiger partial charge in [0, 0.05) is 17.0 Å². The average molecular weight is 424 g/mol. The third-order valence-corrected chi connectivity index (χ3v) is 3.74. The van der Waals surface area contributed by atoms with E-state index in [9.17, 15) is 0 Å². The van der Waals surface area contributed by atoms with Crippen molar-refractivity contribution in [3.8, 4) is 17.6 Å². The first kappa shape index (κ1) is 24.0. The van der Waals surface area contributed by atoms with Crippen molar-refractivity contribution in [2.24, 2.45) is 5.73 Å². The SMILES string of the molecule is C[C@](N)(CO)CCc1ccc(C#CCOc2ccc(Cl)cc2)o1.O=C(O)C(=O)O. The molecule has 0 amide bonds. The second-order valence-corrected chi connectivity index (χ2v) is 6.67. The number of halogens is 1. The second kappa shape index (κ2) is 11.8. The van der Waals surface area contributed by atoms with Crippen LogP contribution in [0, 0.1) is 11.8 Å². The first-order valence-corrected chi connectivity index (χ1v) is 8.82. The zero-order valence-corrected chi connectivity index (χ0v) is 16.5. The molecular formula is C20H22ClNO7. The van der Waals surface area contributed by atoms with Crippen LogP contribution in [-0.4, -0.2) is 46.0 Å². The third-order valence-electron chi connectivity index (χ3n) is 3.48. The van der Waals surface area contributed by atoms with Gasteiger partial charge in [-0.3, -0.25) is 0 Å². The highest BCUT2D eigenvalue weighted by atomic mass is 35.5. The Labute approximate surface area is 172 Å². The van der Waals surface area contributed by atoms with Crippen molar-refractivity contribution in [1.82, 2.24) is 0 Å². The zero-order valence-electron chi connectivity index (χ0n) is 15.7. The molecule has 1 atom stereocenters. The van der Waals surface area contributed by atoms with E-state index in [-0.39, 0.29) is 13.2 Å². The van der Waals surface area contributed by atoms with E-state index in [2.05, 4.69) is 11.8 Å². The Bertz CT molecular complexity index is 851. The second-order valence-electron chi connectivity index (χ2n) is 6.23. The molecule has 0 bridgehead atoms. The van der Waals surface area contributed by atoms with E-state index in [1.54, 1.807) is 24.3 Å². The summed E-state index contributed by atoms with van der Waals surface area (Å²) in [7, 11) is 0. The fraction of sp³-hybridized carbons (Fsp3) is 0.300. The lowest BCUT2D eigenvalue weighted by atomic mass is 9.98. The lowest BCUT2D eigenvalue weighted by Gasteiger charge is -2.20. The largest absolute Gasteiger partial charge is 0.481 e. The van der Waals surface area contributed by atoms with Crippen LogP contribution in [0.4, 0.5) is 0 Å². The topological polar surface area (TPSA) is 143 Å². The minimum atomic E-state index is -1.82. The molecule has 0 aliphatic heterocycles. The fourth-order valence-electron chi connectivity index (χ4n) is 1.84. The van der Waals surface area contributed by atoms with Crippen molar-refractivity contribution in [3.63, 3.8) is 0 Å². The quantitative estimate of drug-likeness (QED) is 0.408. The van der Waals surface area contributed by atoms with Gasteiger partial charge < -0.3 is 30.2 Å². The number of nitrogens with two attached hydrogens (primary N) is 1. The molecular weight excluding hydrogens is 402 g/mol.